The van der Waals surface area contributed by atoms with Gasteiger partial charge in [-0.25, -0.2) is 4.98 Å². The highest BCUT2D eigenvalue weighted by Gasteiger charge is 2.10. The molecular formula is C19H20N4O. The molecule has 0 aliphatic heterocycles. The van der Waals surface area contributed by atoms with Gasteiger partial charge in [0.25, 0.3) is 5.91 Å². The van der Waals surface area contributed by atoms with Gasteiger partial charge in [0.1, 0.15) is 0 Å². The van der Waals surface area contributed by atoms with Gasteiger partial charge in [0.2, 0.25) is 0 Å². The standard InChI is InChI=1S/C19H20N4O/c1-12-4-5-15(8-13(12)2)19(24)22-18-7-6-16(9-17(18)20)23-10-14(3)21-11-23/h4-11H,20H2,1-3H3,(H,22,24). The molecule has 1 aromatic heterocycles. The third-order valence-electron chi connectivity index (χ3n) is 4.06. The highest BCUT2D eigenvalue weighted by atomic mass is 16.1. The maximum atomic E-state index is 12.4. The number of anilines is 2. The average Bonchev–Trinajstić information content (AvgIpc) is 2.98. The fraction of sp³-hybridized carbons (Fsp3) is 0.158. The molecule has 0 saturated carbocycles. The fourth-order valence-electron chi connectivity index (χ4n) is 2.46. The van der Waals surface area contributed by atoms with E-state index in [0.29, 0.717) is 16.9 Å². The molecule has 3 N–H and O–H groups in total. The van der Waals surface area contributed by atoms with Crippen LogP contribution in [0.4, 0.5) is 11.4 Å². The first-order valence-corrected chi connectivity index (χ1v) is 7.73. The zero-order valence-electron chi connectivity index (χ0n) is 14.0. The van der Waals surface area contributed by atoms with E-state index in [1.807, 2.05) is 61.9 Å². The largest absolute Gasteiger partial charge is 0.397 e. The fourth-order valence-corrected chi connectivity index (χ4v) is 2.46. The molecule has 0 radical (unpaired) electrons. The van der Waals surface area contributed by atoms with Gasteiger partial charge >= 0.3 is 0 Å². The van der Waals surface area contributed by atoms with Crippen LogP contribution in [0, 0.1) is 20.8 Å². The van der Waals surface area contributed by atoms with Crippen LogP contribution in [0.2, 0.25) is 0 Å². The van der Waals surface area contributed by atoms with Crippen LogP contribution in [-0.4, -0.2) is 15.5 Å². The number of aromatic nitrogens is 2. The molecule has 0 atom stereocenters. The number of aryl methyl sites for hydroxylation is 3. The van der Waals surface area contributed by atoms with Crippen molar-refractivity contribution in [2.75, 3.05) is 11.1 Å². The van der Waals surface area contributed by atoms with E-state index in [4.69, 9.17) is 5.73 Å². The van der Waals surface area contributed by atoms with E-state index >= 15 is 0 Å². The lowest BCUT2D eigenvalue weighted by molar-refractivity contribution is 0.102. The van der Waals surface area contributed by atoms with E-state index in [-0.39, 0.29) is 5.91 Å². The summed E-state index contributed by atoms with van der Waals surface area (Å²) in [5.41, 5.74) is 11.9. The number of amides is 1. The average molecular weight is 320 g/mol. The second kappa shape index (κ2) is 6.20. The Bertz CT molecular complexity index is 911. The van der Waals surface area contributed by atoms with E-state index in [2.05, 4.69) is 10.3 Å². The molecule has 0 aliphatic carbocycles. The molecule has 0 aliphatic rings. The normalized spacial score (nSPS) is 10.6. The Morgan fingerprint density at radius 1 is 1.08 bits per heavy atom. The van der Waals surface area contributed by atoms with Crippen molar-refractivity contribution < 1.29 is 4.79 Å². The summed E-state index contributed by atoms with van der Waals surface area (Å²) in [4.78, 5) is 16.6. The predicted octanol–water partition coefficient (Wildman–Crippen LogP) is 3.63. The number of hydrogen-bond acceptors (Lipinski definition) is 3. The number of nitrogens with one attached hydrogen (secondary N) is 1. The maximum absolute atomic E-state index is 12.4. The third-order valence-corrected chi connectivity index (χ3v) is 4.06. The molecule has 5 nitrogen and oxygen atoms in total. The first-order chi connectivity index (χ1) is 11.4. The first kappa shape index (κ1) is 15.8. The molecule has 2 aromatic carbocycles. The Morgan fingerprint density at radius 3 is 2.50 bits per heavy atom. The molecule has 0 unspecified atom stereocenters. The van der Waals surface area contributed by atoms with Crippen molar-refractivity contribution in [1.29, 1.82) is 0 Å². The van der Waals surface area contributed by atoms with Crippen molar-refractivity contribution in [3.05, 3.63) is 71.3 Å². The molecule has 24 heavy (non-hydrogen) atoms. The van der Waals surface area contributed by atoms with Crippen molar-refractivity contribution in [2.24, 2.45) is 0 Å². The lowest BCUT2D eigenvalue weighted by atomic mass is 10.1. The van der Waals surface area contributed by atoms with Crippen LogP contribution >= 0.6 is 0 Å². The lowest BCUT2D eigenvalue weighted by Crippen LogP contribution is -2.13. The Morgan fingerprint density at radius 2 is 1.88 bits per heavy atom. The SMILES string of the molecule is Cc1cn(-c2ccc(NC(=O)c3ccc(C)c(C)c3)c(N)c2)cn1. The minimum absolute atomic E-state index is 0.170. The zero-order chi connectivity index (χ0) is 17.3. The van der Waals surface area contributed by atoms with Crippen molar-refractivity contribution in [2.45, 2.75) is 20.8 Å². The molecule has 1 heterocycles. The Hall–Kier alpha value is -3.08. The van der Waals surface area contributed by atoms with Crippen LogP contribution in [0.5, 0.6) is 0 Å². The van der Waals surface area contributed by atoms with Gasteiger partial charge in [-0.2, -0.15) is 0 Å². The van der Waals surface area contributed by atoms with Crippen molar-refractivity contribution in [3.63, 3.8) is 0 Å². The number of carbonyl (C=O) groups excluding carboxylic acids is 1. The lowest BCUT2D eigenvalue weighted by Gasteiger charge is -2.11. The molecule has 1 amide bonds. The maximum Gasteiger partial charge on any atom is 0.255 e. The van der Waals surface area contributed by atoms with E-state index in [1.54, 1.807) is 12.4 Å². The molecule has 3 rings (SSSR count). The van der Waals surface area contributed by atoms with Crippen molar-refractivity contribution in [1.82, 2.24) is 9.55 Å². The zero-order valence-corrected chi connectivity index (χ0v) is 14.0. The van der Waals surface area contributed by atoms with Crippen LogP contribution in [0.15, 0.2) is 48.9 Å². The van der Waals surface area contributed by atoms with Crippen molar-refractivity contribution >= 4 is 17.3 Å². The Labute approximate surface area is 141 Å². The number of hydrogen-bond donors (Lipinski definition) is 2. The number of nitrogens with zero attached hydrogens (tertiary/aromatic N) is 2. The van der Waals surface area contributed by atoms with Crippen LogP contribution in [0.3, 0.4) is 0 Å². The molecule has 3 aromatic rings. The van der Waals surface area contributed by atoms with Gasteiger partial charge < -0.3 is 15.6 Å². The smallest absolute Gasteiger partial charge is 0.255 e. The monoisotopic (exact) mass is 320 g/mol. The van der Waals surface area contributed by atoms with Crippen LogP contribution in [-0.2, 0) is 0 Å². The molecule has 0 saturated heterocycles. The second-order valence-electron chi connectivity index (χ2n) is 5.95. The molecule has 0 bridgehead atoms. The van der Waals surface area contributed by atoms with E-state index in [1.165, 1.54) is 0 Å². The summed E-state index contributed by atoms with van der Waals surface area (Å²) in [7, 11) is 0. The number of nitrogen functional groups attached to an aromatic ring is 1. The summed E-state index contributed by atoms with van der Waals surface area (Å²) in [5, 5.41) is 2.87. The highest BCUT2D eigenvalue weighted by molar-refractivity contribution is 6.06. The van der Waals surface area contributed by atoms with E-state index in [0.717, 1.165) is 22.5 Å². The third kappa shape index (κ3) is 3.15. The van der Waals surface area contributed by atoms with Gasteiger partial charge in [-0.15, -0.1) is 0 Å². The topological polar surface area (TPSA) is 72.9 Å². The van der Waals surface area contributed by atoms with Gasteiger partial charge in [-0.3, -0.25) is 4.79 Å². The summed E-state index contributed by atoms with van der Waals surface area (Å²) in [6.45, 7) is 5.94. The second-order valence-corrected chi connectivity index (χ2v) is 5.95. The summed E-state index contributed by atoms with van der Waals surface area (Å²) < 4.78 is 1.89. The number of rotatable bonds is 3. The molecule has 0 spiro atoms. The minimum atomic E-state index is -0.170. The molecular weight excluding hydrogens is 300 g/mol. The first-order valence-electron chi connectivity index (χ1n) is 7.73. The number of benzene rings is 2. The van der Waals surface area contributed by atoms with Crippen LogP contribution in [0.25, 0.3) is 5.69 Å². The van der Waals surface area contributed by atoms with Gasteiger partial charge in [0.15, 0.2) is 0 Å². The quantitative estimate of drug-likeness (QED) is 0.724. The summed E-state index contributed by atoms with van der Waals surface area (Å²) in [5.74, 6) is -0.170. The number of carbonyl (C=O) groups is 1. The summed E-state index contributed by atoms with van der Waals surface area (Å²) >= 11 is 0. The van der Waals surface area contributed by atoms with E-state index < -0.39 is 0 Å². The van der Waals surface area contributed by atoms with Gasteiger partial charge in [0.05, 0.1) is 23.4 Å². The van der Waals surface area contributed by atoms with Gasteiger partial charge in [-0.1, -0.05) is 6.07 Å². The summed E-state index contributed by atoms with van der Waals surface area (Å²) in [6.07, 6.45) is 3.65. The van der Waals surface area contributed by atoms with Crippen LogP contribution < -0.4 is 11.1 Å². The predicted molar refractivity (Wildman–Crippen MR) is 96.6 cm³/mol. The number of nitrogens with two attached hydrogens (primary N) is 1. The van der Waals surface area contributed by atoms with Crippen molar-refractivity contribution in [3.8, 4) is 5.69 Å². The highest BCUT2D eigenvalue weighted by Crippen LogP contribution is 2.23. The molecule has 0 fully saturated rings. The molecule has 5 heteroatoms. The Balaban J connectivity index is 1.82. The van der Waals surface area contributed by atoms with E-state index in [9.17, 15) is 4.79 Å². The van der Waals surface area contributed by atoms with Gasteiger partial charge in [0, 0.05) is 17.4 Å². The summed E-state index contributed by atoms with van der Waals surface area (Å²) in [6, 6.07) is 11.2. The van der Waals surface area contributed by atoms with Gasteiger partial charge in [-0.05, 0) is 62.2 Å². The Kier molecular flexibility index (Phi) is 4.08. The molecule has 122 valence electrons. The number of imidazole rings is 1. The minimum Gasteiger partial charge on any atom is -0.397 e. The van der Waals surface area contributed by atoms with Crippen LogP contribution in [0.1, 0.15) is 27.2 Å².